The summed E-state index contributed by atoms with van der Waals surface area (Å²) in [7, 11) is -3.18. The number of unbranched alkanes of at least 4 members (excludes halogenated alkanes) is 1. The van der Waals surface area contributed by atoms with Gasteiger partial charge in [-0.2, -0.15) is 0 Å². The van der Waals surface area contributed by atoms with Crippen LogP contribution in [0.25, 0.3) is 0 Å². The molecule has 4 heteroatoms. The Labute approximate surface area is 130 Å². The zero-order chi connectivity index (χ0) is 15.9. The largest absolute Gasteiger partial charge is 0.212 e. The molecule has 1 aromatic rings. The Morgan fingerprint density at radius 1 is 1.00 bits per heavy atom. The van der Waals surface area contributed by atoms with Gasteiger partial charge in [-0.05, 0) is 36.3 Å². The van der Waals surface area contributed by atoms with E-state index in [1.807, 2.05) is 13.8 Å². The van der Waals surface area contributed by atoms with Gasteiger partial charge in [0, 0.05) is 6.04 Å². The van der Waals surface area contributed by atoms with Gasteiger partial charge < -0.3 is 0 Å². The molecule has 0 aliphatic heterocycles. The maximum Gasteiger partial charge on any atom is 0.212 e. The molecule has 0 saturated carbocycles. The molecule has 0 radical (unpaired) electrons. The molecule has 2 unspecified atom stereocenters. The first-order valence-corrected chi connectivity index (χ1v) is 9.68. The van der Waals surface area contributed by atoms with Gasteiger partial charge in [-0.1, -0.05) is 58.4 Å². The number of hydrogen-bond donors (Lipinski definition) is 1. The van der Waals surface area contributed by atoms with E-state index in [2.05, 4.69) is 42.8 Å². The molecule has 0 aromatic heterocycles. The average molecular weight is 311 g/mol. The van der Waals surface area contributed by atoms with E-state index < -0.39 is 10.0 Å². The monoisotopic (exact) mass is 311 g/mol. The van der Waals surface area contributed by atoms with Crippen molar-refractivity contribution in [3.63, 3.8) is 0 Å². The summed E-state index contributed by atoms with van der Waals surface area (Å²) in [6, 6.07) is 8.22. The van der Waals surface area contributed by atoms with Crippen LogP contribution in [0, 0.1) is 0 Å². The molecule has 0 bridgehead atoms. The van der Waals surface area contributed by atoms with E-state index in [1.54, 1.807) is 0 Å². The second-order valence-corrected chi connectivity index (χ2v) is 7.60. The van der Waals surface area contributed by atoms with Crippen molar-refractivity contribution in [1.29, 1.82) is 0 Å². The van der Waals surface area contributed by atoms with Gasteiger partial charge in [0.05, 0.1) is 5.75 Å². The SMILES string of the molecule is CCCCS(=O)(=O)NC(CC)c1ccc(C(C)CC)cc1. The van der Waals surface area contributed by atoms with Crippen molar-refractivity contribution >= 4 is 10.0 Å². The summed E-state index contributed by atoms with van der Waals surface area (Å²) < 4.78 is 26.9. The highest BCUT2D eigenvalue weighted by molar-refractivity contribution is 7.89. The summed E-state index contributed by atoms with van der Waals surface area (Å²) in [4.78, 5) is 0. The molecule has 0 fully saturated rings. The van der Waals surface area contributed by atoms with Gasteiger partial charge in [-0.25, -0.2) is 13.1 Å². The number of sulfonamides is 1. The van der Waals surface area contributed by atoms with E-state index >= 15 is 0 Å². The normalized spacial score (nSPS) is 14.9. The first-order chi connectivity index (χ1) is 9.93. The van der Waals surface area contributed by atoms with E-state index in [9.17, 15) is 8.42 Å². The van der Waals surface area contributed by atoms with Gasteiger partial charge in [0.15, 0.2) is 0 Å². The standard InChI is InChI=1S/C17H29NO2S/c1-5-8-13-21(19,20)18-17(7-3)16-11-9-15(10-12-16)14(4)6-2/h9-12,14,17-18H,5-8,13H2,1-4H3. The third-order valence-corrected chi connectivity index (χ3v) is 5.49. The van der Waals surface area contributed by atoms with Crippen molar-refractivity contribution in [3.8, 4) is 0 Å². The summed E-state index contributed by atoms with van der Waals surface area (Å²) in [5.74, 6) is 0.755. The van der Waals surface area contributed by atoms with E-state index in [1.165, 1.54) is 5.56 Å². The van der Waals surface area contributed by atoms with Crippen LogP contribution in [0.2, 0.25) is 0 Å². The van der Waals surface area contributed by atoms with Crippen LogP contribution in [0.1, 0.15) is 76.5 Å². The molecular weight excluding hydrogens is 282 g/mol. The van der Waals surface area contributed by atoms with Crippen LogP contribution in [-0.4, -0.2) is 14.2 Å². The zero-order valence-electron chi connectivity index (χ0n) is 13.7. The summed E-state index contributed by atoms with van der Waals surface area (Å²) in [5.41, 5.74) is 2.36. The highest BCUT2D eigenvalue weighted by Crippen LogP contribution is 2.23. The Morgan fingerprint density at radius 2 is 1.57 bits per heavy atom. The van der Waals surface area contributed by atoms with E-state index in [-0.39, 0.29) is 11.8 Å². The van der Waals surface area contributed by atoms with Crippen LogP contribution in [0.15, 0.2) is 24.3 Å². The Morgan fingerprint density at radius 3 is 2.05 bits per heavy atom. The van der Waals surface area contributed by atoms with Crippen LogP contribution in [0.4, 0.5) is 0 Å². The maximum absolute atomic E-state index is 12.0. The fourth-order valence-electron chi connectivity index (χ4n) is 2.29. The fraction of sp³-hybridized carbons (Fsp3) is 0.647. The smallest absolute Gasteiger partial charge is 0.212 e. The minimum atomic E-state index is -3.18. The van der Waals surface area contributed by atoms with Crippen molar-refractivity contribution in [2.45, 2.75) is 65.3 Å². The van der Waals surface area contributed by atoms with Gasteiger partial charge >= 0.3 is 0 Å². The highest BCUT2D eigenvalue weighted by Gasteiger charge is 2.17. The first kappa shape index (κ1) is 18.2. The quantitative estimate of drug-likeness (QED) is 0.736. The molecule has 0 aliphatic rings. The molecule has 0 saturated heterocycles. The van der Waals surface area contributed by atoms with Crippen LogP contribution < -0.4 is 4.72 Å². The van der Waals surface area contributed by atoms with Crippen LogP contribution in [-0.2, 0) is 10.0 Å². The highest BCUT2D eigenvalue weighted by atomic mass is 32.2. The lowest BCUT2D eigenvalue weighted by Gasteiger charge is -2.18. The number of nitrogens with one attached hydrogen (secondary N) is 1. The summed E-state index contributed by atoms with van der Waals surface area (Å²) >= 11 is 0. The van der Waals surface area contributed by atoms with Crippen LogP contribution >= 0.6 is 0 Å². The number of rotatable bonds is 9. The maximum atomic E-state index is 12.0. The van der Waals surface area contributed by atoms with Crippen LogP contribution in [0.3, 0.4) is 0 Å². The predicted molar refractivity (Wildman–Crippen MR) is 90.0 cm³/mol. The topological polar surface area (TPSA) is 46.2 Å². The molecular formula is C17H29NO2S. The Balaban J connectivity index is 2.81. The third-order valence-electron chi connectivity index (χ3n) is 4.02. The molecule has 0 heterocycles. The summed E-state index contributed by atoms with van der Waals surface area (Å²) in [6.07, 6.45) is 3.47. The molecule has 1 rings (SSSR count). The Hall–Kier alpha value is -0.870. The third kappa shape index (κ3) is 5.79. The molecule has 2 atom stereocenters. The molecule has 21 heavy (non-hydrogen) atoms. The Kier molecular flexibility index (Phi) is 7.40. The van der Waals surface area contributed by atoms with Gasteiger partial charge in [-0.15, -0.1) is 0 Å². The molecule has 0 spiro atoms. The van der Waals surface area contributed by atoms with Crippen LogP contribution in [0.5, 0.6) is 0 Å². The van der Waals surface area contributed by atoms with Crippen molar-refractivity contribution in [3.05, 3.63) is 35.4 Å². The van der Waals surface area contributed by atoms with E-state index in [4.69, 9.17) is 0 Å². The Bertz CT molecular complexity index is 508. The second-order valence-electron chi connectivity index (χ2n) is 5.73. The van der Waals surface area contributed by atoms with Gasteiger partial charge in [-0.3, -0.25) is 0 Å². The van der Waals surface area contributed by atoms with Gasteiger partial charge in [0.25, 0.3) is 0 Å². The van der Waals surface area contributed by atoms with Crippen molar-refractivity contribution < 1.29 is 8.42 Å². The molecule has 1 aromatic carbocycles. The second kappa shape index (κ2) is 8.54. The molecule has 1 N–H and O–H groups in total. The molecule has 3 nitrogen and oxygen atoms in total. The van der Waals surface area contributed by atoms with Crippen molar-refractivity contribution in [2.75, 3.05) is 5.75 Å². The van der Waals surface area contributed by atoms with Gasteiger partial charge in [0.1, 0.15) is 0 Å². The van der Waals surface area contributed by atoms with Gasteiger partial charge in [0.2, 0.25) is 10.0 Å². The van der Waals surface area contributed by atoms with E-state index in [0.29, 0.717) is 12.3 Å². The lowest BCUT2D eigenvalue weighted by Crippen LogP contribution is -2.30. The molecule has 120 valence electrons. The minimum Gasteiger partial charge on any atom is -0.212 e. The average Bonchev–Trinajstić information content (AvgIpc) is 2.50. The number of hydrogen-bond acceptors (Lipinski definition) is 2. The lowest BCUT2D eigenvalue weighted by molar-refractivity contribution is 0.547. The first-order valence-electron chi connectivity index (χ1n) is 8.03. The molecule has 0 amide bonds. The van der Waals surface area contributed by atoms with E-state index in [0.717, 1.165) is 24.8 Å². The lowest BCUT2D eigenvalue weighted by atomic mass is 9.96. The minimum absolute atomic E-state index is 0.127. The number of benzene rings is 1. The molecule has 0 aliphatic carbocycles. The summed E-state index contributed by atoms with van der Waals surface area (Å²) in [5, 5.41) is 0. The van der Waals surface area contributed by atoms with Crippen molar-refractivity contribution in [1.82, 2.24) is 4.72 Å². The van der Waals surface area contributed by atoms with Crippen molar-refractivity contribution in [2.24, 2.45) is 0 Å². The fourth-order valence-corrected chi connectivity index (χ4v) is 3.81. The summed E-state index contributed by atoms with van der Waals surface area (Å²) in [6.45, 7) is 8.39. The predicted octanol–water partition coefficient (Wildman–Crippen LogP) is 4.37. The zero-order valence-corrected chi connectivity index (χ0v) is 14.5.